The van der Waals surface area contributed by atoms with Crippen molar-refractivity contribution in [3.8, 4) is 11.1 Å². The highest BCUT2D eigenvalue weighted by atomic mass is 19.3. The topological polar surface area (TPSA) is 43.1 Å². The summed E-state index contributed by atoms with van der Waals surface area (Å²) in [4.78, 5) is 11.7. The summed E-state index contributed by atoms with van der Waals surface area (Å²) in [7, 11) is 0. The molecule has 108 valence electrons. The summed E-state index contributed by atoms with van der Waals surface area (Å²) in [5.74, 6) is -4.94. The second-order valence-electron chi connectivity index (χ2n) is 5.06. The Balaban J connectivity index is 2.22. The Kier molecular flexibility index (Phi) is 3.01. The lowest BCUT2D eigenvalue weighted by molar-refractivity contribution is -0.118. The van der Waals surface area contributed by atoms with Crippen molar-refractivity contribution in [1.82, 2.24) is 0 Å². The number of hydrogen-bond acceptors (Lipinski definition) is 1. The molecule has 1 unspecified atom stereocenters. The van der Waals surface area contributed by atoms with E-state index in [1.165, 1.54) is 18.2 Å². The van der Waals surface area contributed by atoms with Gasteiger partial charge in [0.05, 0.1) is 5.92 Å². The van der Waals surface area contributed by atoms with Gasteiger partial charge in [0.25, 0.3) is 0 Å². The van der Waals surface area contributed by atoms with Crippen LogP contribution >= 0.6 is 0 Å². The van der Waals surface area contributed by atoms with E-state index in [2.05, 4.69) is 0 Å². The standard InChI is InChI=1S/C16H12F3NO/c17-8-16(18,19)9-5-6-11-10-3-1-2-4-12(10)14(15(20)21)13(11)7-9/h1-7,14H,8H2,(H2,20,21). The lowest BCUT2D eigenvalue weighted by Gasteiger charge is -2.15. The maximum atomic E-state index is 13.5. The maximum absolute atomic E-state index is 13.5. The molecule has 0 radical (unpaired) electrons. The molecule has 5 heteroatoms. The average molecular weight is 291 g/mol. The van der Waals surface area contributed by atoms with Crippen LogP contribution < -0.4 is 5.73 Å². The zero-order chi connectivity index (χ0) is 15.2. The molecule has 1 aliphatic rings. The fourth-order valence-corrected chi connectivity index (χ4v) is 2.82. The first-order valence-electron chi connectivity index (χ1n) is 6.42. The third kappa shape index (κ3) is 2.00. The molecule has 0 heterocycles. The van der Waals surface area contributed by atoms with Crippen molar-refractivity contribution in [2.45, 2.75) is 11.8 Å². The highest BCUT2D eigenvalue weighted by Gasteiger charge is 2.37. The zero-order valence-electron chi connectivity index (χ0n) is 10.9. The largest absolute Gasteiger partial charge is 0.369 e. The fourth-order valence-electron chi connectivity index (χ4n) is 2.82. The van der Waals surface area contributed by atoms with Gasteiger partial charge in [0.15, 0.2) is 6.67 Å². The van der Waals surface area contributed by atoms with Crippen molar-refractivity contribution in [2.24, 2.45) is 5.73 Å². The van der Waals surface area contributed by atoms with Crippen LogP contribution in [0.25, 0.3) is 11.1 Å². The van der Waals surface area contributed by atoms with E-state index in [1.54, 1.807) is 18.2 Å². The molecule has 2 N–H and O–H groups in total. The molecule has 2 nitrogen and oxygen atoms in total. The highest BCUT2D eigenvalue weighted by Crippen LogP contribution is 2.46. The van der Waals surface area contributed by atoms with Crippen LogP contribution in [0.15, 0.2) is 42.5 Å². The lowest BCUT2D eigenvalue weighted by atomic mass is 9.94. The van der Waals surface area contributed by atoms with Crippen LogP contribution in [0.3, 0.4) is 0 Å². The number of alkyl halides is 3. The normalized spacial score (nSPS) is 16.4. The van der Waals surface area contributed by atoms with Gasteiger partial charge in [-0.25, -0.2) is 4.39 Å². The molecule has 1 amide bonds. The molecular formula is C16H12F3NO. The van der Waals surface area contributed by atoms with E-state index in [1.807, 2.05) is 6.07 Å². The third-order valence-electron chi connectivity index (χ3n) is 3.80. The van der Waals surface area contributed by atoms with Gasteiger partial charge in [0, 0.05) is 5.56 Å². The SMILES string of the molecule is NC(=O)C1c2ccccc2-c2ccc(C(F)(F)CF)cc21. The van der Waals surface area contributed by atoms with Gasteiger partial charge in [-0.15, -0.1) is 0 Å². The van der Waals surface area contributed by atoms with E-state index in [-0.39, 0.29) is 0 Å². The summed E-state index contributed by atoms with van der Waals surface area (Å²) in [6.45, 7) is -1.78. The number of rotatable bonds is 3. The predicted molar refractivity (Wildman–Crippen MR) is 72.8 cm³/mol. The quantitative estimate of drug-likeness (QED) is 0.926. The van der Waals surface area contributed by atoms with Crippen LogP contribution in [0.2, 0.25) is 0 Å². The molecule has 1 aliphatic carbocycles. The number of benzene rings is 2. The fraction of sp³-hybridized carbons (Fsp3) is 0.188. The van der Waals surface area contributed by atoms with E-state index in [0.29, 0.717) is 16.7 Å². The number of nitrogens with two attached hydrogens (primary N) is 1. The first-order chi connectivity index (χ1) is 9.95. The van der Waals surface area contributed by atoms with Crippen LogP contribution in [0, 0.1) is 0 Å². The number of amides is 1. The lowest BCUT2D eigenvalue weighted by Crippen LogP contribution is -2.21. The van der Waals surface area contributed by atoms with E-state index >= 15 is 0 Å². The van der Waals surface area contributed by atoms with Gasteiger partial charge in [0.1, 0.15) is 0 Å². The smallest absolute Gasteiger partial charge is 0.301 e. The van der Waals surface area contributed by atoms with Crippen LogP contribution in [-0.4, -0.2) is 12.6 Å². The van der Waals surface area contributed by atoms with Crippen molar-refractivity contribution >= 4 is 5.91 Å². The van der Waals surface area contributed by atoms with Crippen molar-refractivity contribution in [2.75, 3.05) is 6.67 Å². The monoisotopic (exact) mass is 291 g/mol. The minimum Gasteiger partial charge on any atom is -0.369 e. The molecule has 0 saturated carbocycles. The first-order valence-corrected chi connectivity index (χ1v) is 6.42. The van der Waals surface area contributed by atoms with Gasteiger partial charge < -0.3 is 5.73 Å². The van der Waals surface area contributed by atoms with E-state index in [0.717, 1.165) is 5.56 Å². The second-order valence-corrected chi connectivity index (χ2v) is 5.06. The van der Waals surface area contributed by atoms with Crippen molar-refractivity contribution in [3.63, 3.8) is 0 Å². The molecule has 0 aromatic heterocycles. The molecule has 2 aromatic carbocycles. The Hall–Kier alpha value is -2.30. The van der Waals surface area contributed by atoms with Gasteiger partial charge in [-0.2, -0.15) is 8.78 Å². The number of carbonyl (C=O) groups is 1. The van der Waals surface area contributed by atoms with Crippen LogP contribution in [0.5, 0.6) is 0 Å². The van der Waals surface area contributed by atoms with Gasteiger partial charge in [-0.1, -0.05) is 36.4 Å². The van der Waals surface area contributed by atoms with Crippen LogP contribution in [0.4, 0.5) is 13.2 Å². The number of halogens is 3. The molecule has 0 fully saturated rings. The second kappa shape index (κ2) is 4.62. The van der Waals surface area contributed by atoms with E-state index < -0.39 is 30.0 Å². The Morgan fingerprint density at radius 3 is 2.43 bits per heavy atom. The van der Waals surface area contributed by atoms with Crippen molar-refractivity contribution < 1.29 is 18.0 Å². The predicted octanol–water partition coefficient (Wildman–Crippen LogP) is 3.35. The number of carbonyl (C=O) groups excluding carboxylic acids is 1. The summed E-state index contributed by atoms with van der Waals surface area (Å²) in [5.41, 5.74) is 7.57. The Morgan fingerprint density at radius 2 is 1.76 bits per heavy atom. The van der Waals surface area contributed by atoms with E-state index in [4.69, 9.17) is 5.73 Å². The molecule has 1 atom stereocenters. The average Bonchev–Trinajstić information content (AvgIpc) is 2.80. The summed E-state index contributed by atoms with van der Waals surface area (Å²) >= 11 is 0. The third-order valence-corrected chi connectivity index (χ3v) is 3.80. The Labute approximate surface area is 119 Å². The Bertz CT molecular complexity index is 727. The van der Waals surface area contributed by atoms with Crippen molar-refractivity contribution in [3.05, 3.63) is 59.2 Å². The summed E-state index contributed by atoms with van der Waals surface area (Å²) in [5, 5.41) is 0. The minimum absolute atomic E-state index is 0.411. The molecule has 0 spiro atoms. The molecular weight excluding hydrogens is 279 g/mol. The van der Waals surface area contributed by atoms with Gasteiger partial charge in [0.2, 0.25) is 5.91 Å². The molecule has 0 bridgehead atoms. The summed E-state index contributed by atoms with van der Waals surface area (Å²) in [6.07, 6.45) is 0. The van der Waals surface area contributed by atoms with E-state index in [9.17, 15) is 18.0 Å². The Morgan fingerprint density at radius 1 is 1.10 bits per heavy atom. The minimum atomic E-state index is -3.56. The molecule has 0 aliphatic heterocycles. The van der Waals surface area contributed by atoms with Gasteiger partial charge in [-0.05, 0) is 28.3 Å². The molecule has 21 heavy (non-hydrogen) atoms. The number of hydrogen-bond donors (Lipinski definition) is 1. The molecule has 0 saturated heterocycles. The number of primary amides is 1. The summed E-state index contributed by atoms with van der Waals surface area (Å²) < 4.78 is 39.5. The maximum Gasteiger partial charge on any atom is 0.301 e. The number of fused-ring (bicyclic) bond motifs is 3. The van der Waals surface area contributed by atoms with Crippen molar-refractivity contribution in [1.29, 1.82) is 0 Å². The highest BCUT2D eigenvalue weighted by molar-refractivity contribution is 5.95. The molecule has 3 rings (SSSR count). The summed E-state index contributed by atoms with van der Waals surface area (Å²) in [6, 6.07) is 11.0. The zero-order valence-corrected chi connectivity index (χ0v) is 10.9. The van der Waals surface area contributed by atoms with Crippen LogP contribution in [0.1, 0.15) is 22.6 Å². The van der Waals surface area contributed by atoms with Crippen LogP contribution in [-0.2, 0) is 10.7 Å². The van der Waals surface area contributed by atoms with Gasteiger partial charge in [-0.3, -0.25) is 4.79 Å². The first kappa shape index (κ1) is 13.7. The molecule has 2 aromatic rings. The van der Waals surface area contributed by atoms with Gasteiger partial charge >= 0.3 is 5.92 Å².